The summed E-state index contributed by atoms with van der Waals surface area (Å²) in [5, 5.41) is 8.91. The Kier molecular flexibility index (Phi) is 24.6. The largest absolute Gasteiger partial charge is 0.490 e. The number of hydrogen-bond acceptors (Lipinski definition) is 11. The molecule has 3 N–H and O–H groups in total. The van der Waals surface area contributed by atoms with E-state index in [0.29, 0.717) is 70.1 Å². The van der Waals surface area contributed by atoms with Crippen LogP contribution in [0.25, 0.3) is 0 Å². The number of benzene rings is 1. The van der Waals surface area contributed by atoms with Gasteiger partial charge in [-0.05, 0) is 44.3 Å². The van der Waals surface area contributed by atoms with Crippen LogP contribution in [0, 0.1) is 17.8 Å². The molecule has 1 atom stereocenters. The molecule has 1 aromatic carbocycles. The third-order valence-electron chi connectivity index (χ3n) is 5.78. The summed E-state index contributed by atoms with van der Waals surface area (Å²) in [4.78, 5) is 23.8. The fraction of sp³-hybridized carbons (Fsp3) is 0.697. The quantitative estimate of drug-likeness (QED) is 0.0543. The number of carbonyl (C=O) groups is 2. The molecule has 13 heteroatoms. The van der Waals surface area contributed by atoms with Crippen LogP contribution in [-0.4, -0.2) is 115 Å². The molecule has 0 unspecified atom stereocenters. The molecule has 0 aliphatic heterocycles. The summed E-state index contributed by atoms with van der Waals surface area (Å²) in [6.07, 6.45) is 2.94. The highest BCUT2D eigenvalue weighted by molar-refractivity contribution is 8.76. The predicted molar refractivity (Wildman–Crippen MR) is 186 cm³/mol. The Hall–Kier alpha value is -2.02. The van der Waals surface area contributed by atoms with Gasteiger partial charge in [-0.2, -0.15) is 0 Å². The molecular formula is C33H55N3O8S2. The van der Waals surface area contributed by atoms with Crippen LogP contribution >= 0.6 is 21.6 Å². The fourth-order valence-corrected chi connectivity index (χ4v) is 5.52. The van der Waals surface area contributed by atoms with E-state index in [0.717, 1.165) is 13.0 Å². The van der Waals surface area contributed by atoms with Gasteiger partial charge < -0.3 is 44.4 Å². The number of amides is 2. The van der Waals surface area contributed by atoms with Crippen LogP contribution in [0.3, 0.4) is 0 Å². The molecule has 0 spiro atoms. The lowest BCUT2D eigenvalue weighted by Gasteiger charge is -2.28. The van der Waals surface area contributed by atoms with Gasteiger partial charge in [-0.25, -0.2) is 0 Å². The zero-order valence-electron chi connectivity index (χ0n) is 28.4. The highest BCUT2D eigenvalue weighted by atomic mass is 33.1. The summed E-state index contributed by atoms with van der Waals surface area (Å²) < 4.78 is 34.1. The van der Waals surface area contributed by atoms with Crippen molar-refractivity contribution in [3.8, 4) is 17.6 Å². The van der Waals surface area contributed by atoms with E-state index in [2.05, 4.69) is 41.6 Å². The Bertz CT molecular complexity index is 1020. The molecule has 0 aliphatic rings. The molecule has 0 aliphatic carbocycles. The minimum atomic E-state index is -0.672. The van der Waals surface area contributed by atoms with Crippen molar-refractivity contribution in [1.82, 2.24) is 16.0 Å². The summed E-state index contributed by atoms with van der Waals surface area (Å²) in [6, 6.07) is 7.50. The first-order valence-corrected chi connectivity index (χ1v) is 18.4. The fourth-order valence-electron chi connectivity index (χ4n) is 3.58. The van der Waals surface area contributed by atoms with Gasteiger partial charge in [-0.1, -0.05) is 67.2 Å². The lowest BCUT2D eigenvalue weighted by atomic mass is 10.2. The van der Waals surface area contributed by atoms with E-state index in [1.807, 2.05) is 27.0 Å². The van der Waals surface area contributed by atoms with Crippen molar-refractivity contribution in [3.63, 3.8) is 0 Å². The van der Waals surface area contributed by atoms with Gasteiger partial charge >= 0.3 is 0 Å². The summed E-state index contributed by atoms with van der Waals surface area (Å²) >= 11 is 0. The highest BCUT2D eigenvalue weighted by Gasteiger charge is 2.27. The average Bonchev–Trinajstić information content (AvgIpc) is 3.02. The van der Waals surface area contributed by atoms with Crippen molar-refractivity contribution < 1.29 is 38.0 Å². The maximum Gasteiger partial charge on any atom is 0.251 e. The van der Waals surface area contributed by atoms with E-state index in [1.165, 1.54) is 10.8 Å². The van der Waals surface area contributed by atoms with Crippen LogP contribution in [0.1, 0.15) is 51.4 Å². The lowest BCUT2D eigenvalue weighted by molar-refractivity contribution is -0.126. The molecule has 0 saturated carbocycles. The number of nitrogens with one attached hydrogen (secondary N) is 3. The van der Waals surface area contributed by atoms with Gasteiger partial charge in [0.05, 0.1) is 52.8 Å². The van der Waals surface area contributed by atoms with Gasteiger partial charge in [0, 0.05) is 30.7 Å². The van der Waals surface area contributed by atoms with Crippen molar-refractivity contribution in [1.29, 1.82) is 0 Å². The van der Waals surface area contributed by atoms with Crippen LogP contribution in [-0.2, 0) is 28.5 Å². The second-order valence-electron chi connectivity index (χ2n) is 10.9. The Labute approximate surface area is 284 Å². The molecule has 0 heterocycles. The van der Waals surface area contributed by atoms with Gasteiger partial charge in [-0.3, -0.25) is 9.59 Å². The maximum atomic E-state index is 12.6. The predicted octanol–water partition coefficient (Wildman–Crippen LogP) is 3.77. The molecule has 1 aromatic rings. The van der Waals surface area contributed by atoms with E-state index in [-0.39, 0.29) is 44.2 Å². The minimum Gasteiger partial charge on any atom is -0.490 e. The second kappa shape index (κ2) is 27.0. The molecule has 0 radical (unpaired) electrons. The third kappa shape index (κ3) is 23.3. The van der Waals surface area contributed by atoms with Crippen LogP contribution in [0.2, 0.25) is 0 Å². The summed E-state index contributed by atoms with van der Waals surface area (Å²) in [5.41, 5.74) is 0.489. The van der Waals surface area contributed by atoms with Crippen LogP contribution in [0.15, 0.2) is 24.3 Å². The topological polar surface area (TPSA) is 126 Å². The average molecular weight is 686 g/mol. The molecule has 0 fully saturated rings. The van der Waals surface area contributed by atoms with Crippen LogP contribution < -0.4 is 20.7 Å². The van der Waals surface area contributed by atoms with Gasteiger partial charge in [0.25, 0.3) is 5.91 Å². The molecule has 0 aromatic heterocycles. The van der Waals surface area contributed by atoms with Crippen molar-refractivity contribution in [2.75, 3.05) is 92.0 Å². The number of ether oxygens (including phenoxy) is 6. The van der Waals surface area contributed by atoms with Crippen molar-refractivity contribution in [2.24, 2.45) is 5.92 Å². The standard InChI is InChI=1S/C33H55N3O8S2/c1-27(2)10-8-13-35-31(37)25-42-22-23-44-33(5,46-45-6)26-43-30-12-7-11-29(24-30)32(38)36-15-17-40-19-21-41-20-18-39-16-9-14-34-28(3)4/h7,11-12,24,27-28,34H,9,13-23,25-26H2,1-6H3,(H,35,37)(H,36,38)/t33-/m0/s1. The van der Waals surface area contributed by atoms with Crippen LogP contribution in [0.5, 0.6) is 5.75 Å². The lowest BCUT2D eigenvalue weighted by Crippen LogP contribution is -2.33. The Morgan fingerprint density at radius 3 is 2.28 bits per heavy atom. The van der Waals surface area contributed by atoms with Gasteiger partial charge in [0.15, 0.2) is 4.93 Å². The van der Waals surface area contributed by atoms with E-state index in [1.54, 1.807) is 35.1 Å². The smallest absolute Gasteiger partial charge is 0.251 e. The van der Waals surface area contributed by atoms with E-state index in [9.17, 15) is 9.59 Å². The third-order valence-corrected chi connectivity index (χ3v) is 8.10. The number of rotatable bonds is 27. The summed E-state index contributed by atoms with van der Waals surface area (Å²) in [7, 11) is 3.08. The first kappa shape index (κ1) is 42.0. The summed E-state index contributed by atoms with van der Waals surface area (Å²) in [5.74, 6) is 6.28. The van der Waals surface area contributed by atoms with E-state index < -0.39 is 4.93 Å². The van der Waals surface area contributed by atoms with Crippen molar-refractivity contribution in [3.05, 3.63) is 29.8 Å². The normalized spacial score (nSPS) is 12.4. The van der Waals surface area contributed by atoms with Crippen molar-refractivity contribution >= 4 is 33.4 Å². The molecular weight excluding hydrogens is 631 g/mol. The Morgan fingerprint density at radius 2 is 1.59 bits per heavy atom. The molecule has 11 nitrogen and oxygen atoms in total. The Morgan fingerprint density at radius 1 is 0.891 bits per heavy atom. The molecule has 0 saturated heterocycles. The zero-order valence-corrected chi connectivity index (χ0v) is 30.1. The van der Waals surface area contributed by atoms with E-state index >= 15 is 0 Å². The van der Waals surface area contributed by atoms with Crippen LogP contribution in [0.4, 0.5) is 0 Å². The first-order chi connectivity index (χ1) is 22.1. The maximum absolute atomic E-state index is 12.6. The number of hydrogen-bond donors (Lipinski definition) is 3. The molecule has 1 rings (SSSR count). The second-order valence-corrected chi connectivity index (χ2v) is 13.8. The highest BCUT2D eigenvalue weighted by Crippen LogP contribution is 2.35. The molecule has 262 valence electrons. The molecule has 2 amide bonds. The summed E-state index contributed by atoms with van der Waals surface area (Å²) in [6.45, 7) is 15.6. The molecule has 46 heavy (non-hydrogen) atoms. The minimum absolute atomic E-state index is 0.0573. The van der Waals surface area contributed by atoms with Gasteiger partial charge in [0.2, 0.25) is 5.91 Å². The van der Waals surface area contributed by atoms with E-state index in [4.69, 9.17) is 28.4 Å². The number of carbonyl (C=O) groups excluding carboxylic acids is 2. The van der Waals surface area contributed by atoms with Gasteiger partial charge in [-0.15, -0.1) is 0 Å². The monoisotopic (exact) mass is 685 g/mol. The SMILES string of the molecule is CSS[C@@](C)(COc1cccc(C(=O)NCCOCCOCCOCCCNC(C)C)c1)OCCOCC(=O)NCC#CC(C)C. The van der Waals surface area contributed by atoms with Crippen molar-refractivity contribution in [2.45, 2.75) is 52.0 Å². The Balaban J connectivity index is 2.24. The zero-order chi connectivity index (χ0) is 33.9. The molecule has 0 bridgehead atoms. The van der Waals surface area contributed by atoms with Gasteiger partial charge in [0.1, 0.15) is 19.0 Å². The first-order valence-electron chi connectivity index (χ1n) is 15.8.